The first-order valence-electron chi connectivity index (χ1n) is 5.88. The van der Waals surface area contributed by atoms with Crippen LogP contribution >= 0.6 is 28.3 Å². The molecule has 1 saturated heterocycles. The molecule has 1 unspecified atom stereocenters. The van der Waals surface area contributed by atoms with Gasteiger partial charge in [-0.3, -0.25) is 0 Å². The molecular weight excluding hydrogens is 352 g/mol. The summed E-state index contributed by atoms with van der Waals surface area (Å²) in [5.41, 5.74) is 0.760. The van der Waals surface area contributed by atoms with Crippen molar-refractivity contribution < 1.29 is 8.42 Å². The Bertz CT molecular complexity index is 545. The lowest BCUT2D eigenvalue weighted by molar-refractivity contribution is 0.387. The van der Waals surface area contributed by atoms with Crippen molar-refractivity contribution in [1.82, 2.24) is 9.62 Å². The standard InChI is InChI=1S/C12H17BrN2O2S.ClH/c1-9-11(13)4-3-5-12(9)18(16,17)15(2)10-6-7-14-8-10;/h3-5,10,14H,6-8H2,1-2H3;1H. The average Bonchev–Trinajstić information content (AvgIpc) is 2.85. The van der Waals surface area contributed by atoms with Gasteiger partial charge in [0, 0.05) is 24.1 Å². The SMILES string of the molecule is Cc1c(Br)cccc1S(=O)(=O)N(C)C1CCNC1.Cl. The Morgan fingerprint density at radius 2 is 2.11 bits per heavy atom. The number of hydrogen-bond donors (Lipinski definition) is 1. The summed E-state index contributed by atoms with van der Waals surface area (Å²) in [4.78, 5) is 0.381. The maximum atomic E-state index is 12.6. The van der Waals surface area contributed by atoms with E-state index in [0.29, 0.717) is 4.90 Å². The van der Waals surface area contributed by atoms with Crippen LogP contribution in [0.3, 0.4) is 0 Å². The number of halogens is 2. The quantitative estimate of drug-likeness (QED) is 0.888. The summed E-state index contributed by atoms with van der Waals surface area (Å²) in [7, 11) is -1.75. The van der Waals surface area contributed by atoms with Gasteiger partial charge in [-0.05, 0) is 37.6 Å². The first-order chi connectivity index (χ1) is 8.44. The Hall–Kier alpha value is -0.140. The summed E-state index contributed by atoms with van der Waals surface area (Å²) in [5.74, 6) is 0. The summed E-state index contributed by atoms with van der Waals surface area (Å²) < 4.78 is 27.4. The van der Waals surface area contributed by atoms with Crippen LogP contribution in [0.5, 0.6) is 0 Å². The second-order valence-corrected chi connectivity index (χ2v) is 7.35. The number of rotatable bonds is 3. The molecule has 108 valence electrons. The predicted octanol–water partition coefficient (Wildman–Crippen LogP) is 2.16. The van der Waals surface area contributed by atoms with Crippen molar-refractivity contribution in [1.29, 1.82) is 0 Å². The van der Waals surface area contributed by atoms with Gasteiger partial charge in [0.1, 0.15) is 0 Å². The van der Waals surface area contributed by atoms with E-state index in [4.69, 9.17) is 0 Å². The number of nitrogens with one attached hydrogen (secondary N) is 1. The lowest BCUT2D eigenvalue weighted by Gasteiger charge is -2.24. The molecule has 1 aliphatic rings. The van der Waals surface area contributed by atoms with Crippen molar-refractivity contribution in [3.05, 3.63) is 28.2 Å². The number of sulfonamides is 1. The molecule has 1 heterocycles. The van der Waals surface area contributed by atoms with Crippen LogP contribution in [-0.2, 0) is 10.0 Å². The summed E-state index contributed by atoms with van der Waals surface area (Å²) in [6.45, 7) is 3.42. The van der Waals surface area contributed by atoms with E-state index >= 15 is 0 Å². The van der Waals surface area contributed by atoms with E-state index in [0.717, 1.165) is 29.5 Å². The molecule has 2 rings (SSSR count). The third-order valence-electron chi connectivity index (χ3n) is 3.42. The molecule has 7 heteroatoms. The first kappa shape index (κ1) is 16.9. The molecule has 1 aromatic rings. The average molecular weight is 370 g/mol. The first-order valence-corrected chi connectivity index (χ1v) is 8.12. The minimum Gasteiger partial charge on any atom is -0.315 e. The van der Waals surface area contributed by atoms with Crippen LogP contribution in [0.1, 0.15) is 12.0 Å². The van der Waals surface area contributed by atoms with Gasteiger partial charge in [-0.15, -0.1) is 12.4 Å². The van der Waals surface area contributed by atoms with Crippen molar-refractivity contribution in [2.45, 2.75) is 24.3 Å². The van der Waals surface area contributed by atoms with E-state index in [1.807, 2.05) is 13.0 Å². The second-order valence-electron chi connectivity index (χ2n) is 4.53. The highest BCUT2D eigenvalue weighted by Crippen LogP contribution is 2.26. The molecule has 0 radical (unpaired) electrons. The van der Waals surface area contributed by atoms with Gasteiger partial charge < -0.3 is 5.32 Å². The minimum absolute atomic E-state index is 0. The van der Waals surface area contributed by atoms with Crippen molar-refractivity contribution in [3.63, 3.8) is 0 Å². The molecule has 1 fully saturated rings. The second kappa shape index (κ2) is 6.54. The van der Waals surface area contributed by atoms with Crippen molar-refractivity contribution in [2.75, 3.05) is 20.1 Å². The number of hydrogen-bond acceptors (Lipinski definition) is 3. The van der Waals surface area contributed by atoms with Gasteiger partial charge in [-0.25, -0.2) is 8.42 Å². The Labute approximate surface area is 129 Å². The lowest BCUT2D eigenvalue weighted by atomic mass is 10.2. The minimum atomic E-state index is -3.41. The van der Waals surface area contributed by atoms with E-state index in [1.165, 1.54) is 4.31 Å². The topological polar surface area (TPSA) is 49.4 Å². The van der Waals surface area contributed by atoms with E-state index in [-0.39, 0.29) is 18.4 Å². The van der Waals surface area contributed by atoms with Crippen LogP contribution in [0.2, 0.25) is 0 Å². The van der Waals surface area contributed by atoms with E-state index in [1.54, 1.807) is 19.2 Å². The fourth-order valence-electron chi connectivity index (χ4n) is 2.17. The van der Waals surface area contributed by atoms with Crippen LogP contribution in [0, 0.1) is 6.92 Å². The predicted molar refractivity (Wildman–Crippen MR) is 82.4 cm³/mol. The van der Waals surface area contributed by atoms with Gasteiger partial charge in [0.05, 0.1) is 4.90 Å². The largest absolute Gasteiger partial charge is 0.315 e. The third kappa shape index (κ3) is 3.31. The molecule has 4 nitrogen and oxygen atoms in total. The molecule has 0 aromatic heterocycles. The molecule has 19 heavy (non-hydrogen) atoms. The van der Waals surface area contributed by atoms with Crippen molar-refractivity contribution >= 4 is 38.4 Å². The van der Waals surface area contributed by atoms with E-state index < -0.39 is 10.0 Å². The molecule has 0 amide bonds. The fraction of sp³-hybridized carbons (Fsp3) is 0.500. The van der Waals surface area contributed by atoms with E-state index in [2.05, 4.69) is 21.2 Å². The molecule has 1 aromatic carbocycles. The van der Waals surface area contributed by atoms with Crippen molar-refractivity contribution in [2.24, 2.45) is 0 Å². The van der Waals surface area contributed by atoms with Gasteiger partial charge in [-0.2, -0.15) is 4.31 Å². The summed E-state index contributed by atoms with van der Waals surface area (Å²) in [5, 5.41) is 3.19. The van der Waals surface area contributed by atoms with Gasteiger partial charge in [-0.1, -0.05) is 22.0 Å². The molecule has 0 spiro atoms. The Kier molecular flexibility index (Phi) is 5.82. The molecule has 1 N–H and O–H groups in total. The van der Waals surface area contributed by atoms with Crippen molar-refractivity contribution in [3.8, 4) is 0 Å². The fourth-order valence-corrected chi connectivity index (χ4v) is 4.30. The van der Waals surface area contributed by atoms with Gasteiger partial charge in [0.25, 0.3) is 0 Å². The molecule has 1 aliphatic heterocycles. The summed E-state index contributed by atoms with van der Waals surface area (Å²) in [6.07, 6.45) is 0.864. The highest BCUT2D eigenvalue weighted by Gasteiger charge is 2.31. The van der Waals surface area contributed by atoms with Crippen LogP contribution in [0.15, 0.2) is 27.6 Å². The highest BCUT2D eigenvalue weighted by molar-refractivity contribution is 9.10. The molecule has 1 atom stereocenters. The van der Waals surface area contributed by atoms with E-state index in [9.17, 15) is 8.42 Å². The zero-order chi connectivity index (χ0) is 13.3. The number of likely N-dealkylation sites (N-methyl/N-ethyl adjacent to an activating group) is 1. The van der Waals surface area contributed by atoms with Crippen LogP contribution < -0.4 is 5.32 Å². The zero-order valence-electron chi connectivity index (χ0n) is 10.9. The highest BCUT2D eigenvalue weighted by atomic mass is 79.9. The smallest absolute Gasteiger partial charge is 0.243 e. The lowest BCUT2D eigenvalue weighted by Crippen LogP contribution is -2.38. The Balaban J connectivity index is 0.00000180. The summed E-state index contributed by atoms with van der Waals surface area (Å²) in [6, 6.07) is 5.32. The van der Waals surface area contributed by atoms with Gasteiger partial charge in [0.15, 0.2) is 0 Å². The zero-order valence-corrected chi connectivity index (χ0v) is 14.1. The van der Waals surface area contributed by atoms with Gasteiger partial charge in [0.2, 0.25) is 10.0 Å². The molecule has 0 bridgehead atoms. The normalized spacial score (nSPS) is 19.5. The summed E-state index contributed by atoms with van der Waals surface area (Å²) >= 11 is 3.38. The molecule has 0 aliphatic carbocycles. The Morgan fingerprint density at radius 1 is 1.42 bits per heavy atom. The maximum absolute atomic E-state index is 12.6. The third-order valence-corrected chi connectivity index (χ3v) is 6.34. The van der Waals surface area contributed by atoms with Crippen LogP contribution in [-0.4, -0.2) is 38.9 Å². The maximum Gasteiger partial charge on any atom is 0.243 e. The van der Waals surface area contributed by atoms with Crippen LogP contribution in [0.25, 0.3) is 0 Å². The monoisotopic (exact) mass is 368 g/mol. The number of benzene rings is 1. The van der Waals surface area contributed by atoms with Crippen LogP contribution in [0.4, 0.5) is 0 Å². The molecule has 0 saturated carbocycles. The van der Waals surface area contributed by atoms with Gasteiger partial charge >= 0.3 is 0 Å². The molecular formula is C12H18BrClN2O2S. The Morgan fingerprint density at radius 3 is 2.68 bits per heavy atom. The number of nitrogens with zero attached hydrogens (tertiary/aromatic N) is 1.